The van der Waals surface area contributed by atoms with Crippen molar-refractivity contribution in [2.75, 3.05) is 0 Å². The first kappa shape index (κ1) is 14.0. The monoisotopic (exact) mass is 263 g/mol. The van der Waals surface area contributed by atoms with Crippen LogP contribution in [0.15, 0.2) is 52.9 Å². The number of phenols is 1. The SMILES string of the molecule is Cc1ccc(-c2nnc(-c3ccccc3O)o2)cc1.[Be+2].[H-].[H-]. The van der Waals surface area contributed by atoms with Crippen LogP contribution in [0, 0.1) is 6.92 Å². The third kappa shape index (κ3) is 2.60. The number of rotatable bonds is 2. The van der Waals surface area contributed by atoms with Crippen LogP contribution < -0.4 is 0 Å². The topological polar surface area (TPSA) is 59.2 Å². The average molecular weight is 263 g/mol. The van der Waals surface area contributed by atoms with Gasteiger partial charge in [-0.2, -0.15) is 0 Å². The zero-order chi connectivity index (χ0) is 13.2. The molecule has 0 bridgehead atoms. The number of aryl methyl sites for hydroxylation is 1. The van der Waals surface area contributed by atoms with Gasteiger partial charge in [0, 0.05) is 5.56 Å². The summed E-state index contributed by atoms with van der Waals surface area (Å²) in [7, 11) is 0. The summed E-state index contributed by atoms with van der Waals surface area (Å²) in [6, 6.07) is 14.7. The van der Waals surface area contributed by atoms with Crippen LogP contribution >= 0.6 is 0 Å². The quantitative estimate of drug-likeness (QED) is 0.721. The Labute approximate surface area is 123 Å². The fraction of sp³-hybridized carbons (Fsp3) is 0.0667. The zero-order valence-corrected chi connectivity index (χ0v) is 11.1. The van der Waals surface area contributed by atoms with Gasteiger partial charge in [-0.15, -0.1) is 10.2 Å². The third-order valence-electron chi connectivity index (χ3n) is 2.86. The van der Waals surface area contributed by atoms with Gasteiger partial charge in [-0.05, 0) is 31.2 Å². The van der Waals surface area contributed by atoms with Gasteiger partial charge in [-0.1, -0.05) is 29.8 Å². The number of hydrogen-bond acceptors (Lipinski definition) is 4. The molecule has 0 radical (unpaired) electrons. The maximum Gasteiger partial charge on any atom is 2.00 e. The zero-order valence-electron chi connectivity index (χ0n) is 13.1. The van der Waals surface area contributed by atoms with Gasteiger partial charge in [0.1, 0.15) is 5.75 Å². The Balaban J connectivity index is 0.00000147. The molecule has 98 valence electrons. The third-order valence-corrected chi connectivity index (χ3v) is 2.86. The smallest absolute Gasteiger partial charge is 1.00 e. The van der Waals surface area contributed by atoms with Crippen molar-refractivity contribution in [2.45, 2.75) is 6.92 Å². The van der Waals surface area contributed by atoms with Gasteiger partial charge in [-0.25, -0.2) is 0 Å². The van der Waals surface area contributed by atoms with E-state index in [9.17, 15) is 5.11 Å². The number of aromatic hydroxyl groups is 1. The maximum absolute atomic E-state index is 9.75. The van der Waals surface area contributed by atoms with Crippen molar-refractivity contribution in [1.82, 2.24) is 10.2 Å². The normalized spacial score (nSPS) is 10.1. The second-order valence-electron chi connectivity index (χ2n) is 4.30. The van der Waals surface area contributed by atoms with E-state index in [0.29, 0.717) is 17.3 Å². The standard InChI is InChI=1S/C15H12N2O2.Be.2H/c1-10-6-8-11(9-7-10)14-16-17-15(19-14)12-4-2-3-5-13(12)18;;;/h2-9,18H,1H3;;;/q;+2;2*-1. The minimum Gasteiger partial charge on any atom is -1.00 e. The second-order valence-corrected chi connectivity index (χ2v) is 4.30. The van der Waals surface area contributed by atoms with Crippen LogP contribution in [0.3, 0.4) is 0 Å². The van der Waals surface area contributed by atoms with Crippen LogP contribution in [-0.4, -0.2) is 25.4 Å². The number of para-hydroxylation sites is 1. The number of phenolic OH excluding ortho intramolecular Hbond substituents is 1. The van der Waals surface area contributed by atoms with Gasteiger partial charge in [0.2, 0.25) is 5.89 Å². The van der Waals surface area contributed by atoms with Gasteiger partial charge in [0.05, 0.1) is 5.56 Å². The first-order valence-electron chi connectivity index (χ1n) is 5.93. The summed E-state index contributed by atoms with van der Waals surface area (Å²) in [6.07, 6.45) is 0. The van der Waals surface area contributed by atoms with Crippen molar-refractivity contribution >= 4 is 10.1 Å². The van der Waals surface area contributed by atoms with Crippen LogP contribution in [0.5, 0.6) is 5.75 Å². The van der Waals surface area contributed by atoms with E-state index in [0.717, 1.165) is 5.56 Å². The first-order valence-corrected chi connectivity index (χ1v) is 5.93. The summed E-state index contributed by atoms with van der Waals surface area (Å²) < 4.78 is 5.59. The average Bonchev–Trinajstić information content (AvgIpc) is 2.89. The molecule has 3 rings (SSSR count). The van der Waals surface area contributed by atoms with Crippen molar-refractivity contribution in [1.29, 1.82) is 0 Å². The fourth-order valence-electron chi connectivity index (χ4n) is 1.80. The molecule has 2 aromatic carbocycles. The van der Waals surface area contributed by atoms with Gasteiger partial charge in [0.25, 0.3) is 5.89 Å². The van der Waals surface area contributed by atoms with Crippen LogP contribution in [0.1, 0.15) is 8.42 Å². The number of benzene rings is 2. The largest absolute Gasteiger partial charge is 2.00 e. The molecule has 0 amide bonds. The van der Waals surface area contributed by atoms with E-state index >= 15 is 0 Å². The molecule has 1 heterocycles. The van der Waals surface area contributed by atoms with Crippen LogP contribution in [-0.2, 0) is 0 Å². The molecule has 0 aliphatic heterocycles. The summed E-state index contributed by atoms with van der Waals surface area (Å²) in [5.74, 6) is 0.883. The molecule has 3 aromatic rings. The molecule has 0 unspecified atom stereocenters. The first-order chi connectivity index (χ1) is 9.24. The van der Waals surface area contributed by atoms with Crippen LogP contribution in [0.25, 0.3) is 22.9 Å². The molecular weight excluding hydrogens is 249 g/mol. The van der Waals surface area contributed by atoms with E-state index in [1.807, 2.05) is 37.3 Å². The molecule has 0 atom stereocenters. The maximum atomic E-state index is 9.75. The van der Waals surface area contributed by atoms with Crippen molar-refractivity contribution in [3.05, 3.63) is 54.1 Å². The number of aromatic nitrogens is 2. The summed E-state index contributed by atoms with van der Waals surface area (Å²) in [5.41, 5.74) is 2.57. The van der Waals surface area contributed by atoms with E-state index in [-0.39, 0.29) is 18.7 Å². The Morgan fingerprint density at radius 2 is 1.60 bits per heavy atom. The molecular formula is C15H14BeN2O2. The van der Waals surface area contributed by atoms with Gasteiger partial charge >= 0.3 is 10.1 Å². The Morgan fingerprint density at radius 1 is 0.950 bits per heavy atom. The molecule has 1 aromatic heterocycles. The van der Waals surface area contributed by atoms with E-state index < -0.39 is 0 Å². The Morgan fingerprint density at radius 3 is 2.30 bits per heavy atom. The summed E-state index contributed by atoms with van der Waals surface area (Å²) in [4.78, 5) is 0. The summed E-state index contributed by atoms with van der Waals surface area (Å²) in [5, 5.41) is 17.7. The Hall–Kier alpha value is -2.45. The molecule has 0 aliphatic rings. The summed E-state index contributed by atoms with van der Waals surface area (Å²) >= 11 is 0. The van der Waals surface area contributed by atoms with Gasteiger partial charge in [0.15, 0.2) is 0 Å². The molecule has 0 spiro atoms. The van der Waals surface area contributed by atoms with Gasteiger partial charge < -0.3 is 12.4 Å². The van der Waals surface area contributed by atoms with Crippen LogP contribution in [0.4, 0.5) is 0 Å². The molecule has 5 heteroatoms. The van der Waals surface area contributed by atoms with E-state index in [4.69, 9.17) is 4.42 Å². The molecule has 20 heavy (non-hydrogen) atoms. The molecule has 1 N–H and O–H groups in total. The number of hydrogen-bond donors (Lipinski definition) is 1. The molecule has 0 aliphatic carbocycles. The fourth-order valence-corrected chi connectivity index (χ4v) is 1.80. The Kier molecular flexibility index (Phi) is 3.96. The Bertz CT molecular complexity index is 718. The molecule has 0 saturated carbocycles. The predicted molar refractivity (Wildman–Crippen MR) is 79.5 cm³/mol. The molecule has 0 fully saturated rings. The second kappa shape index (κ2) is 5.68. The number of nitrogens with zero attached hydrogens (tertiary/aromatic N) is 2. The van der Waals surface area contributed by atoms with E-state index in [1.54, 1.807) is 18.2 Å². The van der Waals surface area contributed by atoms with Crippen molar-refractivity contribution in [2.24, 2.45) is 0 Å². The predicted octanol–water partition coefficient (Wildman–Crippen LogP) is 3.26. The minimum atomic E-state index is 0. The summed E-state index contributed by atoms with van der Waals surface area (Å²) in [6.45, 7) is 2.02. The molecule has 0 saturated heterocycles. The van der Waals surface area contributed by atoms with Crippen molar-refractivity contribution in [3.8, 4) is 28.7 Å². The van der Waals surface area contributed by atoms with E-state index in [2.05, 4.69) is 10.2 Å². The minimum absolute atomic E-state index is 0. The molecule has 4 nitrogen and oxygen atoms in total. The van der Waals surface area contributed by atoms with E-state index in [1.165, 1.54) is 5.56 Å². The van der Waals surface area contributed by atoms with Gasteiger partial charge in [-0.3, -0.25) is 0 Å². The van der Waals surface area contributed by atoms with Crippen LogP contribution in [0.2, 0.25) is 0 Å². The van der Waals surface area contributed by atoms with Crippen molar-refractivity contribution in [3.63, 3.8) is 0 Å². The van der Waals surface area contributed by atoms with Crippen molar-refractivity contribution < 1.29 is 12.4 Å².